The van der Waals surface area contributed by atoms with E-state index in [0.717, 1.165) is 5.56 Å². The lowest BCUT2D eigenvalue weighted by atomic mass is 9.77. The van der Waals surface area contributed by atoms with Gasteiger partial charge in [-0.05, 0) is 29.5 Å². The fraction of sp³-hybridized carbons (Fsp3) is 0.462. The van der Waals surface area contributed by atoms with Crippen molar-refractivity contribution in [3.05, 3.63) is 35.6 Å². The Hall–Kier alpha value is -1.38. The van der Waals surface area contributed by atoms with Crippen LogP contribution in [0.4, 0.5) is 4.39 Å². The molecule has 0 fully saturated rings. The molecule has 0 unspecified atom stereocenters. The number of carboxylic acids is 1. The fourth-order valence-corrected chi connectivity index (χ4v) is 1.62. The molecule has 0 aliphatic carbocycles. The number of hydrogen-bond donors (Lipinski definition) is 1. The molecular weight excluding hydrogens is 207 g/mol. The summed E-state index contributed by atoms with van der Waals surface area (Å²) in [5, 5.41) is 9.15. The Balaban J connectivity index is 2.84. The Morgan fingerprint density at radius 2 is 1.81 bits per heavy atom. The van der Waals surface area contributed by atoms with Crippen molar-refractivity contribution in [2.24, 2.45) is 11.3 Å². The van der Waals surface area contributed by atoms with Crippen LogP contribution in [0, 0.1) is 17.2 Å². The molecule has 1 atom stereocenters. The minimum Gasteiger partial charge on any atom is -0.481 e. The number of hydrogen-bond acceptors (Lipinski definition) is 1. The minimum atomic E-state index is -0.808. The highest BCUT2D eigenvalue weighted by Gasteiger charge is 2.31. The molecule has 0 aliphatic rings. The van der Waals surface area contributed by atoms with Crippen LogP contribution < -0.4 is 0 Å². The van der Waals surface area contributed by atoms with Crippen LogP contribution in [0.15, 0.2) is 24.3 Å². The van der Waals surface area contributed by atoms with Crippen LogP contribution in [-0.4, -0.2) is 11.1 Å². The lowest BCUT2D eigenvalue weighted by Crippen LogP contribution is -2.30. The maximum atomic E-state index is 12.7. The van der Waals surface area contributed by atoms with Gasteiger partial charge >= 0.3 is 5.97 Å². The highest BCUT2D eigenvalue weighted by molar-refractivity contribution is 5.71. The van der Waals surface area contributed by atoms with E-state index in [0.29, 0.717) is 6.42 Å². The molecule has 0 aliphatic heterocycles. The smallest absolute Gasteiger partial charge is 0.307 e. The van der Waals surface area contributed by atoms with Crippen LogP contribution in [-0.2, 0) is 11.2 Å². The summed E-state index contributed by atoms with van der Waals surface area (Å²) in [5.74, 6) is -1.57. The molecule has 1 aromatic carbocycles. The number of halogens is 1. The molecule has 3 heteroatoms. The summed E-state index contributed by atoms with van der Waals surface area (Å²) in [6.45, 7) is 5.69. The van der Waals surface area contributed by atoms with E-state index >= 15 is 0 Å². The second kappa shape index (κ2) is 4.64. The van der Waals surface area contributed by atoms with Crippen molar-refractivity contribution >= 4 is 5.97 Å². The first-order valence-corrected chi connectivity index (χ1v) is 5.28. The summed E-state index contributed by atoms with van der Waals surface area (Å²) >= 11 is 0. The Labute approximate surface area is 95.1 Å². The summed E-state index contributed by atoms with van der Waals surface area (Å²) in [6.07, 6.45) is 0.430. The van der Waals surface area contributed by atoms with Crippen LogP contribution in [0.2, 0.25) is 0 Å². The summed E-state index contributed by atoms with van der Waals surface area (Å²) in [6, 6.07) is 5.99. The van der Waals surface area contributed by atoms with Gasteiger partial charge in [0.2, 0.25) is 0 Å². The van der Waals surface area contributed by atoms with E-state index in [2.05, 4.69) is 0 Å². The van der Waals surface area contributed by atoms with Crippen molar-refractivity contribution in [1.82, 2.24) is 0 Å². The van der Waals surface area contributed by atoms with Gasteiger partial charge in [-0.25, -0.2) is 4.39 Å². The van der Waals surface area contributed by atoms with Gasteiger partial charge in [-0.2, -0.15) is 0 Å². The number of benzene rings is 1. The average molecular weight is 224 g/mol. The molecule has 0 bridgehead atoms. The van der Waals surface area contributed by atoms with Crippen molar-refractivity contribution in [3.8, 4) is 0 Å². The Morgan fingerprint density at radius 3 is 2.19 bits per heavy atom. The number of carboxylic acid groups (broad SMARTS) is 1. The van der Waals surface area contributed by atoms with Crippen molar-refractivity contribution in [2.45, 2.75) is 27.2 Å². The maximum Gasteiger partial charge on any atom is 0.307 e. The molecular formula is C13H17FO2. The highest BCUT2D eigenvalue weighted by Crippen LogP contribution is 2.29. The van der Waals surface area contributed by atoms with Crippen LogP contribution in [0.3, 0.4) is 0 Å². The Kier molecular flexibility index (Phi) is 3.68. The third kappa shape index (κ3) is 3.33. The van der Waals surface area contributed by atoms with Crippen LogP contribution in [0.5, 0.6) is 0 Å². The molecule has 0 spiro atoms. The Morgan fingerprint density at radius 1 is 1.31 bits per heavy atom. The van der Waals surface area contributed by atoms with Crippen LogP contribution in [0.1, 0.15) is 26.3 Å². The standard InChI is InChI=1S/C13H17FO2/c1-13(2,3)11(12(15)16)8-9-4-6-10(14)7-5-9/h4-7,11H,8H2,1-3H3,(H,15,16)/t11-/m1/s1. The second-order valence-electron chi connectivity index (χ2n) is 5.09. The number of aliphatic carboxylic acids is 1. The van der Waals surface area contributed by atoms with Gasteiger partial charge in [0.1, 0.15) is 5.82 Å². The fourth-order valence-electron chi connectivity index (χ4n) is 1.62. The molecule has 2 nitrogen and oxygen atoms in total. The molecule has 0 saturated carbocycles. The molecule has 0 saturated heterocycles. The topological polar surface area (TPSA) is 37.3 Å². The predicted octanol–water partition coefficient (Wildman–Crippen LogP) is 3.12. The second-order valence-corrected chi connectivity index (χ2v) is 5.09. The molecule has 0 radical (unpaired) electrons. The molecule has 0 heterocycles. The van der Waals surface area contributed by atoms with Gasteiger partial charge in [0, 0.05) is 0 Å². The molecule has 1 rings (SSSR count). The lowest BCUT2D eigenvalue weighted by molar-refractivity contribution is -0.145. The minimum absolute atomic E-state index is 0.300. The molecule has 0 amide bonds. The monoisotopic (exact) mass is 224 g/mol. The van der Waals surface area contributed by atoms with E-state index in [1.807, 2.05) is 20.8 Å². The van der Waals surface area contributed by atoms with Gasteiger partial charge in [-0.3, -0.25) is 4.79 Å². The van der Waals surface area contributed by atoms with Crippen molar-refractivity contribution in [2.75, 3.05) is 0 Å². The molecule has 1 aromatic rings. The van der Waals surface area contributed by atoms with Gasteiger partial charge < -0.3 is 5.11 Å². The zero-order chi connectivity index (χ0) is 12.3. The zero-order valence-corrected chi connectivity index (χ0v) is 9.83. The average Bonchev–Trinajstić information content (AvgIpc) is 2.14. The van der Waals surface area contributed by atoms with Gasteiger partial charge in [0.25, 0.3) is 0 Å². The van der Waals surface area contributed by atoms with Crippen molar-refractivity contribution < 1.29 is 14.3 Å². The van der Waals surface area contributed by atoms with E-state index in [9.17, 15) is 9.18 Å². The number of carbonyl (C=O) groups is 1. The Bertz CT molecular complexity index is 363. The summed E-state index contributed by atoms with van der Waals surface area (Å²) in [5.41, 5.74) is 0.545. The molecule has 0 aromatic heterocycles. The third-order valence-corrected chi connectivity index (χ3v) is 2.70. The van der Waals surface area contributed by atoms with Crippen LogP contribution in [0.25, 0.3) is 0 Å². The predicted molar refractivity (Wildman–Crippen MR) is 60.7 cm³/mol. The van der Waals surface area contributed by atoms with Gasteiger partial charge in [0.15, 0.2) is 0 Å². The normalized spacial score (nSPS) is 13.5. The van der Waals surface area contributed by atoms with Gasteiger partial charge in [-0.15, -0.1) is 0 Å². The lowest BCUT2D eigenvalue weighted by Gasteiger charge is -2.27. The number of rotatable bonds is 3. The summed E-state index contributed by atoms with van der Waals surface area (Å²) in [7, 11) is 0. The largest absolute Gasteiger partial charge is 0.481 e. The maximum absolute atomic E-state index is 12.7. The zero-order valence-electron chi connectivity index (χ0n) is 9.83. The van der Waals surface area contributed by atoms with E-state index < -0.39 is 11.9 Å². The van der Waals surface area contributed by atoms with Gasteiger partial charge in [0.05, 0.1) is 5.92 Å². The summed E-state index contributed by atoms with van der Waals surface area (Å²) in [4.78, 5) is 11.1. The SMILES string of the molecule is CC(C)(C)[C@H](Cc1ccc(F)cc1)C(=O)O. The summed E-state index contributed by atoms with van der Waals surface area (Å²) < 4.78 is 12.7. The third-order valence-electron chi connectivity index (χ3n) is 2.70. The van der Waals surface area contributed by atoms with E-state index in [1.165, 1.54) is 12.1 Å². The van der Waals surface area contributed by atoms with E-state index in [-0.39, 0.29) is 11.2 Å². The molecule has 1 N–H and O–H groups in total. The highest BCUT2D eigenvalue weighted by atomic mass is 19.1. The first-order chi connectivity index (χ1) is 7.30. The first-order valence-electron chi connectivity index (χ1n) is 5.28. The first kappa shape index (κ1) is 12.7. The van der Waals surface area contributed by atoms with Crippen LogP contribution >= 0.6 is 0 Å². The van der Waals surface area contributed by atoms with Crippen molar-refractivity contribution in [1.29, 1.82) is 0 Å². The van der Waals surface area contributed by atoms with Gasteiger partial charge in [-0.1, -0.05) is 32.9 Å². The van der Waals surface area contributed by atoms with E-state index in [1.54, 1.807) is 12.1 Å². The van der Waals surface area contributed by atoms with E-state index in [4.69, 9.17) is 5.11 Å². The quantitative estimate of drug-likeness (QED) is 0.856. The van der Waals surface area contributed by atoms with Crippen molar-refractivity contribution in [3.63, 3.8) is 0 Å². The molecule has 16 heavy (non-hydrogen) atoms. The molecule has 88 valence electrons.